The molecule has 0 aliphatic heterocycles. The van der Waals surface area contributed by atoms with Gasteiger partial charge in [-0.1, -0.05) is 33.6 Å². The van der Waals surface area contributed by atoms with E-state index in [1.54, 1.807) is 0 Å². The Morgan fingerprint density at radius 3 is 2.33 bits per heavy atom. The number of hydrogen-bond acceptors (Lipinski definition) is 1. The molecule has 2 nitrogen and oxygen atoms in total. The second-order valence-electron chi connectivity index (χ2n) is 3.43. The Morgan fingerprint density at radius 2 is 2.08 bits per heavy atom. The summed E-state index contributed by atoms with van der Waals surface area (Å²) in [6.45, 7) is 5.72. The maximum absolute atomic E-state index is 10.8. The van der Waals surface area contributed by atoms with Gasteiger partial charge in [0.15, 0.2) is 0 Å². The first-order valence-electron chi connectivity index (χ1n) is 4.37. The molecule has 0 saturated carbocycles. The highest BCUT2D eigenvalue weighted by atomic mass is 35.5. The van der Waals surface area contributed by atoms with E-state index in [1.165, 1.54) is 0 Å². The number of rotatable bonds is 5. The van der Waals surface area contributed by atoms with Crippen molar-refractivity contribution >= 4 is 17.6 Å². The van der Waals surface area contributed by atoms with Crippen LogP contribution >= 0.6 is 11.6 Å². The lowest BCUT2D eigenvalue weighted by Crippen LogP contribution is -2.37. The molecule has 1 atom stereocenters. The molecule has 0 spiro atoms. The Kier molecular flexibility index (Phi) is 4.61. The molecule has 0 aromatic heterocycles. The molecule has 0 radical (unpaired) electrons. The molecule has 0 heterocycles. The van der Waals surface area contributed by atoms with Crippen molar-refractivity contribution in [3.8, 4) is 0 Å². The lowest BCUT2D eigenvalue weighted by atomic mass is 9.90. The zero-order valence-corrected chi connectivity index (χ0v) is 8.69. The average Bonchev–Trinajstić information content (AvgIpc) is 1.99. The number of carbonyl (C=O) groups is 1. The van der Waals surface area contributed by atoms with Crippen molar-refractivity contribution < 1.29 is 9.90 Å². The zero-order chi connectivity index (χ0) is 9.78. The number of hydrogen-bond donors (Lipinski definition) is 1. The number of alkyl halides is 1. The summed E-state index contributed by atoms with van der Waals surface area (Å²) in [4.78, 5) is 9.78. The molecule has 0 rings (SSSR count). The first-order chi connectivity index (χ1) is 5.45. The van der Waals surface area contributed by atoms with E-state index in [0.717, 1.165) is 12.8 Å². The lowest BCUT2D eigenvalue weighted by molar-refractivity contribution is -0.141. The van der Waals surface area contributed by atoms with E-state index in [9.17, 15) is 4.79 Å². The van der Waals surface area contributed by atoms with Gasteiger partial charge in [0.2, 0.25) is 0 Å². The number of unbranched alkanes of at least 4 members (excludes halogenated alkanes) is 1. The van der Waals surface area contributed by atoms with Crippen molar-refractivity contribution in [2.45, 2.75) is 44.9 Å². The Morgan fingerprint density at radius 1 is 1.58 bits per heavy atom. The third kappa shape index (κ3) is 2.67. The van der Waals surface area contributed by atoms with Crippen LogP contribution in [-0.2, 0) is 4.79 Å². The second kappa shape index (κ2) is 4.70. The first kappa shape index (κ1) is 11.8. The van der Waals surface area contributed by atoms with Crippen LogP contribution in [0.1, 0.15) is 40.0 Å². The summed E-state index contributed by atoms with van der Waals surface area (Å²) in [5, 5.41) is 8.90. The summed E-state index contributed by atoms with van der Waals surface area (Å²) in [5.41, 5.74) is 0. The third-order valence-corrected chi connectivity index (χ3v) is 2.95. The molecular formula is C9H17ClO2. The van der Waals surface area contributed by atoms with Crippen LogP contribution in [0.4, 0.5) is 0 Å². The predicted molar refractivity (Wildman–Crippen MR) is 50.6 cm³/mol. The minimum absolute atomic E-state index is 0.0248. The van der Waals surface area contributed by atoms with E-state index in [2.05, 4.69) is 0 Å². The van der Waals surface area contributed by atoms with E-state index >= 15 is 0 Å². The summed E-state index contributed by atoms with van der Waals surface area (Å²) >= 11 is 5.99. The van der Waals surface area contributed by atoms with Crippen molar-refractivity contribution in [2.24, 2.45) is 5.92 Å². The molecule has 0 aliphatic carbocycles. The third-order valence-electron chi connectivity index (χ3n) is 2.16. The zero-order valence-electron chi connectivity index (χ0n) is 7.93. The first-order valence-corrected chi connectivity index (χ1v) is 4.75. The van der Waals surface area contributed by atoms with E-state index < -0.39 is 10.8 Å². The Labute approximate surface area is 78.9 Å². The van der Waals surface area contributed by atoms with Crippen molar-refractivity contribution in [3.05, 3.63) is 0 Å². The van der Waals surface area contributed by atoms with Crippen LogP contribution < -0.4 is 0 Å². The predicted octanol–water partition coefficient (Wildman–Crippen LogP) is 2.89. The molecule has 72 valence electrons. The molecule has 0 amide bonds. The van der Waals surface area contributed by atoms with Crippen molar-refractivity contribution in [3.63, 3.8) is 0 Å². The van der Waals surface area contributed by atoms with E-state index in [4.69, 9.17) is 16.7 Å². The molecule has 0 saturated heterocycles. The van der Waals surface area contributed by atoms with E-state index in [-0.39, 0.29) is 5.92 Å². The van der Waals surface area contributed by atoms with Crippen LogP contribution in [0.25, 0.3) is 0 Å². The number of halogens is 1. The highest BCUT2D eigenvalue weighted by molar-refractivity contribution is 6.33. The van der Waals surface area contributed by atoms with Gasteiger partial charge in [0.1, 0.15) is 4.87 Å². The summed E-state index contributed by atoms with van der Waals surface area (Å²) in [5.74, 6) is -0.921. The van der Waals surface area contributed by atoms with Gasteiger partial charge >= 0.3 is 5.97 Å². The summed E-state index contributed by atoms with van der Waals surface area (Å²) in [6, 6.07) is 0. The standard InChI is InChI=1S/C9H17ClO2/c1-4-5-6-9(10,7(2)3)8(11)12/h7H,4-6H2,1-3H3,(H,11,12). The van der Waals surface area contributed by atoms with Gasteiger partial charge in [-0.3, -0.25) is 4.79 Å². The molecule has 3 heteroatoms. The maximum atomic E-state index is 10.8. The Bertz CT molecular complexity index is 157. The van der Waals surface area contributed by atoms with Crippen LogP contribution in [0, 0.1) is 5.92 Å². The van der Waals surface area contributed by atoms with Gasteiger partial charge in [-0.2, -0.15) is 0 Å². The van der Waals surface area contributed by atoms with E-state index in [0.29, 0.717) is 6.42 Å². The summed E-state index contributed by atoms with van der Waals surface area (Å²) < 4.78 is 0. The van der Waals surface area contributed by atoms with Crippen LogP contribution in [0.3, 0.4) is 0 Å². The smallest absolute Gasteiger partial charge is 0.325 e. The van der Waals surface area contributed by atoms with Crippen LogP contribution in [0.15, 0.2) is 0 Å². The molecule has 0 fully saturated rings. The molecule has 0 aromatic carbocycles. The van der Waals surface area contributed by atoms with Crippen molar-refractivity contribution in [1.29, 1.82) is 0 Å². The summed E-state index contributed by atoms with van der Waals surface area (Å²) in [7, 11) is 0. The monoisotopic (exact) mass is 192 g/mol. The van der Waals surface area contributed by atoms with Crippen molar-refractivity contribution in [1.82, 2.24) is 0 Å². The lowest BCUT2D eigenvalue weighted by Gasteiger charge is -2.26. The molecule has 12 heavy (non-hydrogen) atoms. The summed E-state index contributed by atoms with van der Waals surface area (Å²) in [6.07, 6.45) is 2.40. The highest BCUT2D eigenvalue weighted by Gasteiger charge is 2.38. The van der Waals surface area contributed by atoms with Gasteiger partial charge in [-0.15, -0.1) is 11.6 Å². The molecule has 1 unspecified atom stereocenters. The fourth-order valence-electron chi connectivity index (χ4n) is 1.08. The van der Waals surface area contributed by atoms with Gasteiger partial charge in [-0.25, -0.2) is 0 Å². The van der Waals surface area contributed by atoms with E-state index in [1.807, 2.05) is 20.8 Å². The highest BCUT2D eigenvalue weighted by Crippen LogP contribution is 2.31. The quantitative estimate of drug-likeness (QED) is 0.681. The molecule has 0 aromatic rings. The van der Waals surface area contributed by atoms with Crippen LogP contribution in [0.2, 0.25) is 0 Å². The SMILES string of the molecule is CCCCC(Cl)(C(=O)O)C(C)C. The van der Waals surface area contributed by atoms with Gasteiger partial charge in [-0.05, 0) is 12.3 Å². The topological polar surface area (TPSA) is 37.3 Å². The molecule has 1 N–H and O–H groups in total. The Balaban J connectivity index is 4.29. The molecule has 0 aliphatic rings. The Hall–Kier alpha value is -0.240. The fourth-order valence-corrected chi connectivity index (χ4v) is 1.21. The van der Waals surface area contributed by atoms with Crippen LogP contribution in [-0.4, -0.2) is 16.0 Å². The fraction of sp³-hybridized carbons (Fsp3) is 0.889. The molecular weight excluding hydrogens is 176 g/mol. The minimum Gasteiger partial charge on any atom is -0.480 e. The minimum atomic E-state index is -1.06. The maximum Gasteiger partial charge on any atom is 0.325 e. The number of carboxylic acids is 1. The average molecular weight is 193 g/mol. The normalized spacial score (nSPS) is 16.1. The molecule has 0 bridgehead atoms. The number of carboxylic acid groups (broad SMARTS) is 1. The van der Waals surface area contributed by atoms with Crippen LogP contribution in [0.5, 0.6) is 0 Å². The number of aliphatic carboxylic acids is 1. The van der Waals surface area contributed by atoms with Gasteiger partial charge in [0.05, 0.1) is 0 Å². The largest absolute Gasteiger partial charge is 0.480 e. The van der Waals surface area contributed by atoms with Gasteiger partial charge < -0.3 is 5.11 Å². The van der Waals surface area contributed by atoms with Gasteiger partial charge in [0, 0.05) is 0 Å². The van der Waals surface area contributed by atoms with Crippen molar-refractivity contribution in [2.75, 3.05) is 0 Å². The van der Waals surface area contributed by atoms with Gasteiger partial charge in [0.25, 0.3) is 0 Å². The second-order valence-corrected chi connectivity index (χ2v) is 4.10.